The molecule has 1 amide bonds. The first-order valence-corrected chi connectivity index (χ1v) is 11.4. The molecule has 0 bridgehead atoms. The van der Waals surface area contributed by atoms with Crippen molar-refractivity contribution in [2.45, 2.75) is 31.3 Å². The van der Waals surface area contributed by atoms with Crippen LogP contribution in [0.5, 0.6) is 0 Å². The van der Waals surface area contributed by atoms with Crippen LogP contribution in [0.1, 0.15) is 30.7 Å². The molecule has 5 unspecified atom stereocenters. The molecule has 0 saturated heterocycles. The Hall–Kier alpha value is -2.90. The normalized spacial score (nSPS) is 27.8. The Morgan fingerprint density at radius 1 is 1.15 bits per heavy atom. The van der Waals surface area contributed by atoms with Crippen LogP contribution in [0.3, 0.4) is 0 Å². The van der Waals surface area contributed by atoms with Crippen molar-refractivity contribution in [3.8, 4) is 0 Å². The number of halogens is 2. The molecule has 2 aliphatic rings. The van der Waals surface area contributed by atoms with E-state index in [1.165, 1.54) is 25.2 Å². The molecule has 5 atom stereocenters. The third-order valence-electron chi connectivity index (χ3n) is 7.01. The van der Waals surface area contributed by atoms with Crippen molar-refractivity contribution in [2.75, 3.05) is 12.4 Å². The molecule has 2 aliphatic carbocycles. The van der Waals surface area contributed by atoms with Crippen molar-refractivity contribution in [1.82, 2.24) is 0 Å². The summed E-state index contributed by atoms with van der Waals surface area (Å²) < 4.78 is 13.5. The van der Waals surface area contributed by atoms with Gasteiger partial charge in [-0.15, -0.1) is 0 Å². The van der Waals surface area contributed by atoms with Crippen LogP contribution < -0.4 is 16.8 Å². The number of benzene rings is 2. The van der Waals surface area contributed by atoms with Gasteiger partial charge in [-0.05, 0) is 54.9 Å². The highest BCUT2D eigenvalue weighted by atomic mass is 35.5. The lowest BCUT2D eigenvalue weighted by atomic mass is 9.88. The van der Waals surface area contributed by atoms with Gasteiger partial charge in [0.25, 0.3) is 5.91 Å². The summed E-state index contributed by atoms with van der Waals surface area (Å²) in [6, 6.07) is 14.0. The summed E-state index contributed by atoms with van der Waals surface area (Å²) in [7, 11) is 1.49. The minimum Gasteiger partial charge on any atom is -0.401 e. The van der Waals surface area contributed by atoms with E-state index >= 15 is 0 Å². The van der Waals surface area contributed by atoms with E-state index in [9.17, 15) is 14.3 Å². The second-order valence-electron chi connectivity index (χ2n) is 8.86. The van der Waals surface area contributed by atoms with Gasteiger partial charge in [0.2, 0.25) is 0 Å². The number of amidine groups is 1. The molecule has 0 aliphatic heterocycles. The Labute approximate surface area is 197 Å². The van der Waals surface area contributed by atoms with Crippen LogP contribution in [0.25, 0.3) is 0 Å². The average Bonchev–Trinajstić information content (AvgIpc) is 3.36. The first-order valence-electron chi connectivity index (χ1n) is 11.0. The minimum atomic E-state index is -0.579. The Balaban J connectivity index is 1.54. The summed E-state index contributed by atoms with van der Waals surface area (Å²) in [4.78, 5) is 17.0. The van der Waals surface area contributed by atoms with Crippen LogP contribution in [0.2, 0.25) is 5.02 Å². The number of nitrogens with two attached hydrogens (primary N) is 2. The quantitative estimate of drug-likeness (QED) is 0.302. The molecular weight excluding hydrogens is 443 g/mol. The number of hydrogen-bond acceptors (Lipinski definition) is 4. The number of allylic oxidation sites excluding steroid dienone is 1. The number of nitrogens with zero attached hydrogens (tertiary/aromatic N) is 1. The van der Waals surface area contributed by atoms with Crippen LogP contribution >= 0.6 is 11.6 Å². The molecule has 2 aromatic carbocycles. The van der Waals surface area contributed by atoms with Crippen LogP contribution in [0.4, 0.5) is 10.1 Å². The molecule has 0 spiro atoms. The van der Waals surface area contributed by atoms with Gasteiger partial charge in [0.1, 0.15) is 17.2 Å². The van der Waals surface area contributed by atoms with Crippen LogP contribution in [-0.4, -0.2) is 30.0 Å². The van der Waals surface area contributed by atoms with Gasteiger partial charge in [-0.1, -0.05) is 41.9 Å². The SMILES string of the molecule is CN=C(N)C(C(=O)Nc1ccc(F)c(Cl)c1)=C(N)C1CC2CC(c3ccccc3)C(O)C2C1. The number of carbonyl (C=O) groups is 1. The fraction of sp³-hybridized carbons (Fsp3) is 0.360. The van der Waals surface area contributed by atoms with Crippen LogP contribution in [0, 0.1) is 23.6 Å². The molecular formula is C25H28ClFN4O2. The fourth-order valence-corrected chi connectivity index (χ4v) is 5.56. The van der Waals surface area contributed by atoms with Gasteiger partial charge < -0.3 is 21.9 Å². The van der Waals surface area contributed by atoms with Gasteiger partial charge in [-0.2, -0.15) is 0 Å². The monoisotopic (exact) mass is 470 g/mol. The molecule has 6 N–H and O–H groups in total. The molecule has 0 radical (unpaired) electrons. The second kappa shape index (κ2) is 9.53. The Morgan fingerprint density at radius 3 is 2.52 bits per heavy atom. The lowest BCUT2D eigenvalue weighted by Crippen LogP contribution is -2.31. The standard InChI is InChI=1S/C25H28ClFN4O2/c1-30-24(29)21(25(33)31-16-7-8-20(27)19(26)12-16)22(28)15-9-14-10-17(23(32)18(14)11-15)13-5-3-2-4-6-13/h2-8,12,14-15,17-18,23,32H,9-11,28H2,1H3,(H2,29,30)(H,31,33). The largest absolute Gasteiger partial charge is 0.401 e. The molecule has 0 heterocycles. The Morgan fingerprint density at radius 2 is 1.88 bits per heavy atom. The lowest BCUT2D eigenvalue weighted by molar-refractivity contribution is -0.112. The fourth-order valence-electron chi connectivity index (χ4n) is 5.38. The lowest BCUT2D eigenvalue weighted by Gasteiger charge is -2.22. The summed E-state index contributed by atoms with van der Waals surface area (Å²) in [6.07, 6.45) is 1.88. The molecule has 2 aromatic rings. The highest BCUT2D eigenvalue weighted by Crippen LogP contribution is 2.53. The molecule has 8 heteroatoms. The maximum absolute atomic E-state index is 13.5. The number of nitrogens with one attached hydrogen (secondary N) is 1. The van der Waals surface area contributed by atoms with E-state index < -0.39 is 17.8 Å². The smallest absolute Gasteiger partial charge is 0.261 e. The third kappa shape index (κ3) is 4.61. The molecule has 2 fully saturated rings. The maximum Gasteiger partial charge on any atom is 0.261 e. The molecule has 6 nitrogen and oxygen atoms in total. The van der Waals surface area contributed by atoms with Crippen LogP contribution in [-0.2, 0) is 4.79 Å². The third-order valence-corrected chi connectivity index (χ3v) is 7.30. The van der Waals surface area contributed by atoms with Crippen molar-refractivity contribution in [3.05, 3.63) is 76.2 Å². The predicted octanol–water partition coefficient (Wildman–Crippen LogP) is 3.81. The van der Waals surface area contributed by atoms with E-state index in [1.807, 2.05) is 18.2 Å². The van der Waals surface area contributed by atoms with Gasteiger partial charge in [-0.3, -0.25) is 9.79 Å². The number of aliphatic imine (C=N–C) groups is 1. The van der Waals surface area contributed by atoms with Gasteiger partial charge in [0.05, 0.1) is 11.1 Å². The molecule has 0 aromatic heterocycles. The summed E-state index contributed by atoms with van der Waals surface area (Å²) >= 11 is 5.82. The van der Waals surface area contributed by atoms with E-state index in [2.05, 4.69) is 22.4 Å². The summed E-state index contributed by atoms with van der Waals surface area (Å²) in [5.74, 6) is -0.641. The Bertz CT molecular complexity index is 1100. The highest BCUT2D eigenvalue weighted by molar-refractivity contribution is 6.31. The van der Waals surface area contributed by atoms with Gasteiger partial charge in [-0.25, -0.2) is 4.39 Å². The first-order chi connectivity index (χ1) is 15.8. The summed E-state index contributed by atoms with van der Waals surface area (Å²) in [5.41, 5.74) is 14.5. The van der Waals surface area contributed by atoms with Crippen molar-refractivity contribution in [3.63, 3.8) is 0 Å². The molecule has 33 heavy (non-hydrogen) atoms. The summed E-state index contributed by atoms with van der Waals surface area (Å²) in [5, 5.41) is 13.6. The number of carbonyl (C=O) groups excluding carboxylic acids is 1. The number of rotatable bonds is 5. The van der Waals surface area contributed by atoms with Gasteiger partial charge in [0, 0.05) is 30.3 Å². The van der Waals surface area contributed by atoms with E-state index in [1.54, 1.807) is 0 Å². The minimum absolute atomic E-state index is 0.0259. The van der Waals surface area contributed by atoms with Gasteiger partial charge >= 0.3 is 0 Å². The first kappa shape index (κ1) is 23.3. The number of amides is 1. The number of aliphatic hydroxyl groups is 1. The number of hydrogen-bond donors (Lipinski definition) is 4. The molecule has 174 valence electrons. The van der Waals surface area contributed by atoms with E-state index in [4.69, 9.17) is 23.1 Å². The van der Waals surface area contributed by atoms with Crippen molar-refractivity contribution in [2.24, 2.45) is 34.2 Å². The zero-order valence-corrected chi connectivity index (χ0v) is 19.1. The van der Waals surface area contributed by atoms with E-state index in [0.717, 1.165) is 18.4 Å². The maximum atomic E-state index is 13.5. The number of fused-ring (bicyclic) bond motifs is 1. The topological polar surface area (TPSA) is 114 Å². The predicted molar refractivity (Wildman–Crippen MR) is 128 cm³/mol. The highest BCUT2D eigenvalue weighted by Gasteiger charge is 2.49. The Kier molecular flexibility index (Phi) is 6.72. The number of aliphatic hydroxyl groups excluding tert-OH is 1. The van der Waals surface area contributed by atoms with Crippen LogP contribution in [0.15, 0.2) is 64.8 Å². The average molecular weight is 471 g/mol. The van der Waals surface area contributed by atoms with E-state index in [0.29, 0.717) is 23.7 Å². The molecule has 2 saturated carbocycles. The summed E-state index contributed by atoms with van der Waals surface area (Å²) in [6.45, 7) is 0. The number of anilines is 1. The van der Waals surface area contributed by atoms with Gasteiger partial charge in [0.15, 0.2) is 0 Å². The zero-order chi connectivity index (χ0) is 23.7. The van der Waals surface area contributed by atoms with Crippen molar-refractivity contribution in [1.29, 1.82) is 0 Å². The second-order valence-corrected chi connectivity index (χ2v) is 9.27. The van der Waals surface area contributed by atoms with Crippen molar-refractivity contribution < 1.29 is 14.3 Å². The zero-order valence-electron chi connectivity index (χ0n) is 18.3. The van der Waals surface area contributed by atoms with E-state index in [-0.39, 0.29) is 34.2 Å². The molecule has 4 rings (SSSR count). The van der Waals surface area contributed by atoms with Crippen molar-refractivity contribution >= 4 is 29.0 Å².